The van der Waals surface area contributed by atoms with Crippen molar-refractivity contribution in [2.45, 2.75) is 19.8 Å². The van der Waals surface area contributed by atoms with Crippen LogP contribution < -0.4 is 5.32 Å². The van der Waals surface area contributed by atoms with Crippen molar-refractivity contribution in [3.05, 3.63) is 51.2 Å². The van der Waals surface area contributed by atoms with Crippen LogP contribution in [-0.2, 0) is 16.0 Å². The number of carbonyl (C=O) groups excluding carboxylic acids is 3. The number of benzene rings is 1. The minimum atomic E-state index is -0.485. The van der Waals surface area contributed by atoms with Crippen LogP contribution >= 0.6 is 11.3 Å². The highest BCUT2D eigenvalue weighted by molar-refractivity contribution is 7.13. The summed E-state index contributed by atoms with van der Waals surface area (Å²) >= 11 is 1.34. The van der Waals surface area contributed by atoms with Crippen molar-refractivity contribution < 1.29 is 19.1 Å². The van der Waals surface area contributed by atoms with Gasteiger partial charge < -0.3 is 10.1 Å². The number of aryl methyl sites for hydroxylation is 2. The van der Waals surface area contributed by atoms with Gasteiger partial charge in [-0.2, -0.15) is 0 Å². The summed E-state index contributed by atoms with van der Waals surface area (Å²) in [6, 6.07) is 8.62. The number of anilines is 1. The Balaban J connectivity index is 1.64. The van der Waals surface area contributed by atoms with Gasteiger partial charge in [0.05, 0.1) is 0 Å². The fourth-order valence-corrected chi connectivity index (χ4v) is 3.15. The Morgan fingerprint density at radius 3 is 2.78 bits per heavy atom. The van der Waals surface area contributed by atoms with E-state index in [4.69, 9.17) is 4.74 Å². The zero-order chi connectivity index (χ0) is 16.4. The lowest BCUT2D eigenvalue weighted by Gasteiger charge is -2.17. The zero-order valence-corrected chi connectivity index (χ0v) is 13.4. The standard InChI is InChI=1S/C17H15NO4S/c1-10-2-6-15(23-10)17(21)22-9-14(19)12-3-5-13-11(8-12)4-7-16(20)18-13/h2-3,5-6,8H,4,7,9H2,1H3,(H,18,20). The van der Waals surface area contributed by atoms with E-state index in [1.54, 1.807) is 24.3 Å². The van der Waals surface area contributed by atoms with Crippen molar-refractivity contribution in [2.75, 3.05) is 11.9 Å². The van der Waals surface area contributed by atoms with E-state index in [0.29, 0.717) is 23.3 Å². The molecule has 0 saturated heterocycles. The quantitative estimate of drug-likeness (QED) is 0.691. The SMILES string of the molecule is Cc1ccc(C(=O)OCC(=O)c2ccc3c(c2)CCC(=O)N3)s1. The summed E-state index contributed by atoms with van der Waals surface area (Å²) in [7, 11) is 0. The third kappa shape index (κ3) is 3.48. The summed E-state index contributed by atoms with van der Waals surface area (Å²) in [6.07, 6.45) is 1.02. The lowest BCUT2D eigenvalue weighted by Crippen LogP contribution is -2.20. The summed E-state index contributed by atoms with van der Waals surface area (Å²) in [5, 5.41) is 2.77. The predicted molar refractivity (Wildman–Crippen MR) is 87.1 cm³/mol. The number of nitrogens with one attached hydrogen (secondary N) is 1. The number of fused-ring (bicyclic) bond motifs is 1. The third-order valence-electron chi connectivity index (χ3n) is 3.60. The van der Waals surface area contributed by atoms with Gasteiger partial charge in [0, 0.05) is 22.5 Å². The Morgan fingerprint density at radius 1 is 1.22 bits per heavy atom. The topological polar surface area (TPSA) is 72.5 Å². The summed E-state index contributed by atoms with van der Waals surface area (Å²) in [5.74, 6) is -0.759. The molecule has 1 N–H and O–H groups in total. The molecule has 3 rings (SSSR count). The molecule has 1 amide bonds. The number of ketones is 1. The second-order valence-corrected chi connectivity index (χ2v) is 6.62. The molecule has 0 bridgehead atoms. The molecule has 23 heavy (non-hydrogen) atoms. The van der Waals surface area contributed by atoms with E-state index in [2.05, 4.69) is 5.32 Å². The molecule has 118 valence electrons. The molecule has 2 aromatic rings. The molecule has 0 unspecified atom stereocenters. The maximum Gasteiger partial charge on any atom is 0.348 e. The van der Waals surface area contributed by atoms with E-state index in [1.165, 1.54) is 11.3 Å². The van der Waals surface area contributed by atoms with E-state index in [9.17, 15) is 14.4 Å². The number of amides is 1. The van der Waals surface area contributed by atoms with Crippen molar-refractivity contribution >= 4 is 34.7 Å². The van der Waals surface area contributed by atoms with Crippen molar-refractivity contribution in [1.29, 1.82) is 0 Å². The molecule has 0 aliphatic carbocycles. The molecule has 0 saturated carbocycles. The Kier molecular flexibility index (Phi) is 4.25. The number of carbonyl (C=O) groups is 3. The van der Waals surface area contributed by atoms with Crippen LogP contribution in [-0.4, -0.2) is 24.3 Å². The summed E-state index contributed by atoms with van der Waals surface area (Å²) < 4.78 is 5.07. The van der Waals surface area contributed by atoms with Crippen molar-refractivity contribution in [1.82, 2.24) is 0 Å². The summed E-state index contributed by atoms with van der Waals surface area (Å²) in [6.45, 7) is 1.61. The number of ether oxygens (including phenoxy) is 1. The second-order valence-electron chi connectivity index (χ2n) is 5.33. The Bertz CT molecular complexity index is 794. The largest absolute Gasteiger partial charge is 0.453 e. The molecule has 1 aliphatic rings. The number of rotatable bonds is 4. The maximum absolute atomic E-state index is 12.2. The molecule has 6 heteroatoms. The molecule has 5 nitrogen and oxygen atoms in total. The number of esters is 1. The normalized spacial score (nSPS) is 13.2. The number of Topliss-reactive ketones (excluding diaryl/α,β-unsaturated/α-hetero) is 1. The monoisotopic (exact) mass is 329 g/mol. The van der Waals surface area contributed by atoms with E-state index < -0.39 is 5.97 Å². The predicted octanol–water partition coefficient (Wildman–Crippen LogP) is 2.98. The van der Waals surface area contributed by atoms with E-state index >= 15 is 0 Å². The van der Waals surface area contributed by atoms with Gasteiger partial charge in [0.15, 0.2) is 12.4 Å². The molecule has 0 spiro atoms. The fraction of sp³-hybridized carbons (Fsp3) is 0.235. The van der Waals surface area contributed by atoms with E-state index in [0.717, 1.165) is 16.1 Å². The minimum Gasteiger partial charge on any atom is -0.453 e. The number of hydrogen-bond donors (Lipinski definition) is 1. The fourth-order valence-electron chi connectivity index (χ4n) is 2.39. The average Bonchev–Trinajstić information content (AvgIpc) is 2.98. The van der Waals surface area contributed by atoms with Crippen LogP contribution in [0.1, 0.15) is 36.9 Å². The first kappa shape index (κ1) is 15.4. The number of thiophene rings is 1. The van der Waals surface area contributed by atoms with E-state index in [-0.39, 0.29) is 18.3 Å². The maximum atomic E-state index is 12.2. The van der Waals surface area contributed by atoms with Gasteiger partial charge in [0.25, 0.3) is 0 Å². The molecule has 2 heterocycles. The second kappa shape index (κ2) is 6.34. The highest BCUT2D eigenvalue weighted by atomic mass is 32.1. The first-order valence-electron chi connectivity index (χ1n) is 7.22. The molecule has 1 aliphatic heterocycles. The molecule has 0 fully saturated rings. The van der Waals surface area contributed by atoms with Gasteiger partial charge in [0.2, 0.25) is 5.91 Å². The molecular formula is C17H15NO4S. The molecule has 0 atom stereocenters. The van der Waals surface area contributed by atoms with Crippen molar-refractivity contribution in [3.8, 4) is 0 Å². The van der Waals surface area contributed by atoms with E-state index in [1.807, 2.05) is 13.0 Å². The van der Waals surface area contributed by atoms with Crippen molar-refractivity contribution in [3.63, 3.8) is 0 Å². The average molecular weight is 329 g/mol. The first-order chi connectivity index (χ1) is 11.0. The Morgan fingerprint density at radius 2 is 2.04 bits per heavy atom. The molecule has 0 radical (unpaired) electrons. The first-order valence-corrected chi connectivity index (χ1v) is 8.04. The van der Waals surface area contributed by atoms with Gasteiger partial charge >= 0.3 is 5.97 Å². The van der Waals surface area contributed by atoms with Crippen LogP contribution in [0.15, 0.2) is 30.3 Å². The third-order valence-corrected chi connectivity index (χ3v) is 4.58. The number of hydrogen-bond acceptors (Lipinski definition) is 5. The Labute approximate surface area is 137 Å². The van der Waals surface area contributed by atoms with Crippen LogP contribution in [0.2, 0.25) is 0 Å². The summed E-state index contributed by atoms with van der Waals surface area (Å²) in [5.41, 5.74) is 2.15. The smallest absolute Gasteiger partial charge is 0.348 e. The van der Waals surface area contributed by atoms with Crippen LogP contribution in [0, 0.1) is 6.92 Å². The highest BCUT2D eigenvalue weighted by Crippen LogP contribution is 2.24. The highest BCUT2D eigenvalue weighted by Gasteiger charge is 2.18. The van der Waals surface area contributed by atoms with Crippen LogP contribution in [0.4, 0.5) is 5.69 Å². The van der Waals surface area contributed by atoms with Crippen LogP contribution in [0.5, 0.6) is 0 Å². The molecule has 1 aromatic carbocycles. The van der Waals surface area contributed by atoms with Gasteiger partial charge in [-0.15, -0.1) is 11.3 Å². The van der Waals surface area contributed by atoms with Crippen molar-refractivity contribution in [2.24, 2.45) is 0 Å². The van der Waals surface area contributed by atoms with Gasteiger partial charge in [-0.05, 0) is 49.2 Å². The van der Waals surface area contributed by atoms with Gasteiger partial charge in [-0.1, -0.05) is 0 Å². The Hall–Kier alpha value is -2.47. The van der Waals surface area contributed by atoms with Crippen LogP contribution in [0.3, 0.4) is 0 Å². The van der Waals surface area contributed by atoms with Gasteiger partial charge in [-0.25, -0.2) is 4.79 Å². The zero-order valence-electron chi connectivity index (χ0n) is 12.5. The summed E-state index contributed by atoms with van der Waals surface area (Å²) in [4.78, 5) is 36.9. The van der Waals surface area contributed by atoms with Gasteiger partial charge in [0.1, 0.15) is 4.88 Å². The van der Waals surface area contributed by atoms with Crippen LogP contribution in [0.25, 0.3) is 0 Å². The lowest BCUT2D eigenvalue weighted by atomic mass is 9.99. The van der Waals surface area contributed by atoms with Gasteiger partial charge in [-0.3, -0.25) is 9.59 Å². The molecule has 1 aromatic heterocycles. The lowest BCUT2D eigenvalue weighted by molar-refractivity contribution is -0.116. The minimum absolute atomic E-state index is 0.0169. The molecular weight excluding hydrogens is 314 g/mol.